The minimum Gasteiger partial charge on any atom is -0.380 e. The third-order valence-electron chi connectivity index (χ3n) is 4.83. The number of nitrogens with zero attached hydrogens (tertiary/aromatic N) is 1. The van der Waals surface area contributed by atoms with Gasteiger partial charge in [-0.2, -0.15) is 0 Å². The van der Waals surface area contributed by atoms with Crippen molar-refractivity contribution < 1.29 is 4.74 Å². The van der Waals surface area contributed by atoms with Crippen LogP contribution >= 0.6 is 0 Å². The largest absolute Gasteiger partial charge is 0.380 e. The predicted octanol–water partition coefficient (Wildman–Crippen LogP) is 3.15. The molecule has 3 heteroatoms. The molecule has 0 aliphatic heterocycles. The normalized spacial score (nSPS) is 27.1. The van der Waals surface area contributed by atoms with Crippen LogP contribution in [-0.2, 0) is 4.74 Å². The van der Waals surface area contributed by atoms with Gasteiger partial charge in [-0.25, -0.2) is 0 Å². The van der Waals surface area contributed by atoms with E-state index in [1.165, 1.54) is 32.2 Å². The number of likely N-dealkylation sites (N-methyl/N-ethyl adjacent to an activating group) is 1. The molecule has 1 aliphatic carbocycles. The van der Waals surface area contributed by atoms with Crippen LogP contribution in [0.15, 0.2) is 0 Å². The van der Waals surface area contributed by atoms with Gasteiger partial charge in [0, 0.05) is 25.7 Å². The standard InChI is InChI=1S/C17H36N2O/c1-5-15-9-10-17(18-6-2)16(13-15)14-19(7-3)11-12-20-8-4/h15-18H,5-14H2,1-4H3. The topological polar surface area (TPSA) is 24.5 Å². The number of ether oxygens (including phenoxy) is 1. The summed E-state index contributed by atoms with van der Waals surface area (Å²) in [7, 11) is 0. The van der Waals surface area contributed by atoms with Crippen LogP contribution in [0.25, 0.3) is 0 Å². The van der Waals surface area contributed by atoms with Gasteiger partial charge in [-0.1, -0.05) is 27.2 Å². The molecular formula is C17H36N2O. The summed E-state index contributed by atoms with van der Waals surface area (Å²) >= 11 is 0. The molecule has 1 N–H and O–H groups in total. The van der Waals surface area contributed by atoms with Crippen molar-refractivity contribution in [1.82, 2.24) is 10.2 Å². The van der Waals surface area contributed by atoms with E-state index >= 15 is 0 Å². The van der Waals surface area contributed by atoms with Crippen LogP contribution in [0.5, 0.6) is 0 Å². The highest BCUT2D eigenvalue weighted by molar-refractivity contribution is 4.86. The molecule has 0 amide bonds. The molecule has 0 aromatic heterocycles. The molecule has 0 radical (unpaired) electrons. The first-order valence-corrected chi connectivity index (χ1v) is 8.78. The lowest BCUT2D eigenvalue weighted by Gasteiger charge is -2.39. The number of nitrogens with one attached hydrogen (secondary N) is 1. The van der Waals surface area contributed by atoms with Crippen molar-refractivity contribution >= 4 is 0 Å². The molecule has 20 heavy (non-hydrogen) atoms. The number of hydrogen-bond acceptors (Lipinski definition) is 3. The van der Waals surface area contributed by atoms with Gasteiger partial charge in [0.15, 0.2) is 0 Å². The van der Waals surface area contributed by atoms with Crippen molar-refractivity contribution in [3.63, 3.8) is 0 Å². The van der Waals surface area contributed by atoms with E-state index < -0.39 is 0 Å². The summed E-state index contributed by atoms with van der Waals surface area (Å²) in [6.45, 7) is 15.2. The molecule has 3 nitrogen and oxygen atoms in total. The Balaban J connectivity index is 2.48. The molecular weight excluding hydrogens is 248 g/mol. The zero-order chi connectivity index (χ0) is 14.8. The van der Waals surface area contributed by atoms with E-state index in [4.69, 9.17) is 4.74 Å². The van der Waals surface area contributed by atoms with E-state index in [0.717, 1.165) is 50.7 Å². The van der Waals surface area contributed by atoms with Gasteiger partial charge < -0.3 is 15.0 Å². The highest BCUT2D eigenvalue weighted by atomic mass is 16.5. The molecule has 1 aliphatic rings. The van der Waals surface area contributed by atoms with Crippen LogP contribution in [0.4, 0.5) is 0 Å². The van der Waals surface area contributed by atoms with E-state index in [0.29, 0.717) is 0 Å². The lowest BCUT2D eigenvalue weighted by atomic mass is 9.76. The maximum Gasteiger partial charge on any atom is 0.0593 e. The predicted molar refractivity (Wildman–Crippen MR) is 87.2 cm³/mol. The molecule has 0 spiro atoms. The third-order valence-corrected chi connectivity index (χ3v) is 4.83. The van der Waals surface area contributed by atoms with Gasteiger partial charge in [-0.15, -0.1) is 0 Å². The maximum atomic E-state index is 5.51. The highest BCUT2D eigenvalue weighted by Gasteiger charge is 2.30. The molecule has 0 aromatic rings. The van der Waals surface area contributed by atoms with E-state index in [1.807, 2.05) is 0 Å². The quantitative estimate of drug-likeness (QED) is 0.624. The fourth-order valence-electron chi connectivity index (χ4n) is 3.51. The lowest BCUT2D eigenvalue weighted by molar-refractivity contribution is 0.0914. The van der Waals surface area contributed by atoms with Crippen LogP contribution in [0.3, 0.4) is 0 Å². The van der Waals surface area contributed by atoms with Crippen molar-refractivity contribution in [2.45, 2.75) is 59.4 Å². The second kappa shape index (κ2) is 10.6. The van der Waals surface area contributed by atoms with Gasteiger partial charge in [0.25, 0.3) is 0 Å². The molecule has 0 bridgehead atoms. The number of rotatable bonds is 10. The minimum atomic E-state index is 0.726. The Bertz CT molecular complexity index is 235. The first kappa shape index (κ1) is 17.9. The Morgan fingerprint density at radius 1 is 1.15 bits per heavy atom. The zero-order valence-corrected chi connectivity index (χ0v) is 14.2. The summed E-state index contributed by atoms with van der Waals surface area (Å²) in [5, 5.41) is 3.72. The van der Waals surface area contributed by atoms with Gasteiger partial charge in [0.1, 0.15) is 0 Å². The fraction of sp³-hybridized carbons (Fsp3) is 1.00. The van der Waals surface area contributed by atoms with Crippen molar-refractivity contribution in [3.05, 3.63) is 0 Å². The number of hydrogen-bond donors (Lipinski definition) is 1. The van der Waals surface area contributed by atoms with E-state index in [-0.39, 0.29) is 0 Å². The van der Waals surface area contributed by atoms with Crippen LogP contribution < -0.4 is 5.32 Å². The fourth-order valence-corrected chi connectivity index (χ4v) is 3.51. The van der Waals surface area contributed by atoms with E-state index in [2.05, 4.69) is 37.9 Å². The Morgan fingerprint density at radius 3 is 2.55 bits per heavy atom. The Kier molecular flexibility index (Phi) is 9.49. The summed E-state index contributed by atoms with van der Waals surface area (Å²) in [5.41, 5.74) is 0. The SMILES string of the molecule is CCNC1CCC(CC)CC1CN(CC)CCOCC. The second-order valence-corrected chi connectivity index (χ2v) is 6.10. The average Bonchev–Trinajstić information content (AvgIpc) is 2.48. The highest BCUT2D eigenvalue weighted by Crippen LogP contribution is 2.31. The zero-order valence-electron chi connectivity index (χ0n) is 14.2. The summed E-state index contributed by atoms with van der Waals surface area (Å²) in [6.07, 6.45) is 5.52. The van der Waals surface area contributed by atoms with Crippen molar-refractivity contribution in [2.24, 2.45) is 11.8 Å². The van der Waals surface area contributed by atoms with Gasteiger partial charge in [0.05, 0.1) is 6.61 Å². The van der Waals surface area contributed by atoms with E-state index in [1.54, 1.807) is 0 Å². The molecule has 3 atom stereocenters. The van der Waals surface area contributed by atoms with Gasteiger partial charge in [0.2, 0.25) is 0 Å². The molecule has 0 aromatic carbocycles. The summed E-state index contributed by atoms with van der Waals surface area (Å²) < 4.78 is 5.51. The van der Waals surface area contributed by atoms with Crippen LogP contribution in [0, 0.1) is 11.8 Å². The Labute approximate surface area is 126 Å². The average molecular weight is 284 g/mol. The van der Waals surface area contributed by atoms with Gasteiger partial charge in [-0.3, -0.25) is 0 Å². The molecule has 1 fully saturated rings. The Hall–Kier alpha value is -0.120. The van der Waals surface area contributed by atoms with Crippen LogP contribution in [-0.4, -0.2) is 50.3 Å². The maximum absolute atomic E-state index is 5.51. The monoisotopic (exact) mass is 284 g/mol. The second-order valence-electron chi connectivity index (χ2n) is 6.10. The first-order valence-electron chi connectivity index (χ1n) is 8.78. The first-order chi connectivity index (χ1) is 9.74. The molecule has 3 unspecified atom stereocenters. The smallest absolute Gasteiger partial charge is 0.0593 e. The van der Waals surface area contributed by atoms with E-state index in [9.17, 15) is 0 Å². The van der Waals surface area contributed by atoms with Gasteiger partial charge in [-0.05, 0) is 51.1 Å². The molecule has 120 valence electrons. The molecule has 0 saturated heterocycles. The van der Waals surface area contributed by atoms with Crippen LogP contribution in [0.1, 0.15) is 53.4 Å². The molecule has 0 heterocycles. The van der Waals surface area contributed by atoms with Crippen molar-refractivity contribution in [2.75, 3.05) is 39.4 Å². The summed E-state index contributed by atoms with van der Waals surface area (Å²) in [5.74, 6) is 1.76. The molecule has 1 saturated carbocycles. The summed E-state index contributed by atoms with van der Waals surface area (Å²) in [6, 6.07) is 0.726. The van der Waals surface area contributed by atoms with Gasteiger partial charge >= 0.3 is 0 Å². The van der Waals surface area contributed by atoms with Crippen molar-refractivity contribution in [3.8, 4) is 0 Å². The van der Waals surface area contributed by atoms with Crippen molar-refractivity contribution in [1.29, 1.82) is 0 Å². The summed E-state index contributed by atoms with van der Waals surface area (Å²) in [4.78, 5) is 2.57. The van der Waals surface area contributed by atoms with Crippen LogP contribution in [0.2, 0.25) is 0 Å². The third kappa shape index (κ3) is 6.11. The molecule has 1 rings (SSSR count). The lowest BCUT2D eigenvalue weighted by Crippen LogP contribution is -2.46. The minimum absolute atomic E-state index is 0.726. The Morgan fingerprint density at radius 2 is 1.95 bits per heavy atom.